The average Bonchev–Trinajstić information content (AvgIpc) is 2.60. The number of hydrogen-bond acceptors (Lipinski definition) is 1. The smallest absolute Gasteiger partial charge is 0.337 e. The number of aliphatic imine (C=N–C) groups is 1. The monoisotopic (exact) mass is 350 g/mol. The van der Waals surface area contributed by atoms with E-state index in [-0.39, 0.29) is 0 Å². The van der Waals surface area contributed by atoms with Gasteiger partial charge in [-0.05, 0) is 38.5 Å². The van der Waals surface area contributed by atoms with E-state index in [1.165, 1.54) is 96.3 Å². The fourth-order valence-corrected chi connectivity index (χ4v) is 2.99. The number of unbranched alkanes of at least 4 members (excludes halogenated alkanes) is 15. The molecule has 0 aromatic rings. The summed E-state index contributed by atoms with van der Waals surface area (Å²) < 4.78 is 0. The van der Waals surface area contributed by atoms with Gasteiger partial charge in [0.25, 0.3) is 0 Å². The lowest BCUT2D eigenvalue weighted by molar-refractivity contribution is 0.257. The highest BCUT2D eigenvalue weighted by atomic mass is 16.2. The van der Waals surface area contributed by atoms with E-state index in [9.17, 15) is 4.79 Å². The van der Waals surface area contributed by atoms with Gasteiger partial charge in [-0.25, -0.2) is 9.79 Å². The van der Waals surface area contributed by atoms with E-state index < -0.39 is 6.03 Å². The summed E-state index contributed by atoms with van der Waals surface area (Å²) in [5.41, 5.74) is 4.93. The lowest BCUT2D eigenvalue weighted by Gasteiger charge is -2.01. The van der Waals surface area contributed by atoms with Gasteiger partial charge in [0.1, 0.15) is 0 Å². The number of carbonyl (C=O) groups is 1. The number of hydrogen-bond donors (Lipinski definition) is 1. The minimum absolute atomic E-state index is 0.586. The first-order chi connectivity index (χ1) is 12.3. The van der Waals surface area contributed by atoms with Crippen LogP contribution in [0.4, 0.5) is 4.79 Å². The summed E-state index contributed by atoms with van der Waals surface area (Å²) in [4.78, 5) is 14.0. The minimum atomic E-state index is -0.586. The van der Waals surface area contributed by atoms with E-state index in [4.69, 9.17) is 5.73 Å². The van der Waals surface area contributed by atoms with Crippen molar-refractivity contribution in [2.24, 2.45) is 10.7 Å². The topological polar surface area (TPSA) is 55.4 Å². The lowest BCUT2D eigenvalue weighted by atomic mass is 10.1. The Morgan fingerprint density at radius 1 is 0.680 bits per heavy atom. The zero-order chi connectivity index (χ0) is 18.4. The van der Waals surface area contributed by atoms with Crippen LogP contribution in [0, 0.1) is 0 Å². The van der Waals surface area contributed by atoms with Gasteiger partial charge in [0, 0.05) is 6.21 Å². The summed E-state index contributed by atoms with van der Waals surface area (Å²) >= 11 is 0. The van der Waals surface area contributed by atoms with Crippen molar-refractivity contribution >= 4 is 12.2 Å². The number of nitrogens with two attached hydrogens (primary N) is 1. The molecule has 0 heterocycles. The summed E-state index contributed by atoms with van der Waals surface area (Å²) in [6.45, 7) is 2.27. The molecule has 3 nitrogen and oxygen atoms in total. The van der Waals surface area contributed by atoms with Gasteiger partial charge >= 0.3 is 6.03 Å². The molecule has 2 amide bonds. The molecule has 0 unspecified atom stereocenters. The normalized spacial score (nSPS) is 11.7. The second kappa shape index (κ2) is 20.9. The number of allylic oxidation sites excluding steroid dienone is 2. The van der Waals surface area contributed by atoms with Crippen molar-refractivity contribution in [1.82, 2.24) is 0 Å². The van der Waals surface area contributed by atoms with Gasteiger partial charge < -0.3 is 5.73 Å². The van der Waals surface area contributed by atoms with Crippen LogP contribution in [0.15, 0.2) is 17.1 Å². The molecule has 3 heteroatoms. The Labute approximate surface area is 156 Å². The van der Waals surface area contributed by atoms with Gasteiger partial charge in [-0.15, -0.1) is 0 Å². The first-order valence-corrected chi connectivity index (χ1v) is 10.7. The Morgan fingerprint density at radius 3 is 1.52 bits per heavy atom. The van der Waals surface area contributed by atoms with Crippen LogP contribution in [-0.2, 0) is 0 Å². The molecule has 25 heavy (non-hydrogen) atoms. The van der Waals surface area contributed by atoms with Crippen LogP contribution < -0.4 is 5.73 Å². The van der Waals surface area contributed by atoms with E-state index in [2.05, 4.69) is 24.1 Å². The molecule has 0 saturated carbocycles. The van der Waals surface area contributed by atoms with Crippen LogP contribution in [0.1, 0.15) is 116 Å². The van der Waals surface area contributed by atoms with Crippen molar-refractivity contribution in [3.8, 4) is 0 Å². The second-order valence-corrected chi connectivity index (χ2v) is 7.08. The highest BCUT2D eigenvalue weighted by Crippen LogP contribution is 2.11. The SMILES string of the molecule is CCCCCCCC/C=C\CCCCCCCCCCC=NC(N)=O. The van der Waals surface area contributed by atoms with Crippen molar-refractivity contribution in [2.75, 3.05) is 0 Å². The van der Waals surface area contributed by atoms with Crippen LogP contribution >= 0.6 is 0 Å². The number of nitrogens with zero attached hydrogens (tertiary/aromatic N) is 1. The van der Waals surface area contributed by atoms with Crippen molar-refractivity contribution in [3.63, 3.8) is 0 Å². The first kappa shape index (κ1) is 23.9. The zero-order valence-electron chi connectivity index (χ0n) is 16.7. The fraction of sp³-hybridized carbons (Fsp3) is 0.818. The maximum atomic E-state index is 10.4. The van der Waals surface area contributed by atoms with Crippen LogP contribution in [0.2, 0.25) is 0 Å². The maximum Gasteiger partial charge on any atom is 0.337 e. The molecule has 0 aliphatic carbocycles. The van der Waals surface area contributed by atoms with Gasteiger partial charge in [0.15, 0.2) is 0 Å². The second-order valence-electron chi connectivity index (χ2n) is 7.08. The van der Waals surface area contributed by atoms with Gasteiger partial charge in [0.2, 0.25) is 0 Å². The largest absolute Gasteiger partial charge is 0.350 e. The van der Waals surface area contributed by atoms with E-state index in [0.717, 1.165) is 12.8 Å². The Kier molecular flexibility index (Phi) is 20.0. The van der Waals surface area contributed by atoms with E-state index in [1.807, 2.05) is 0 Å². The third-order valence-electron chi connectivity index (χ3n) is 4.56. The molecule has 0 aromatic carbocycles. The molecule has 0 fully saturated rings. The molecule has 0 aromatic heterocycles. The number of carbonyl (C=O) groups excluding carboxylic acids is 1. The predicted molar refractivity (Wildman–Crippen MR) is 111 cm³/mol. The zero-order valence-corrected chi connectivity index (χ0v) is 16.7. The Morgan fingerprint density at radius 2 is 1.08 bits per heavy atom. The third kappa shape index (κ3) is 22.9. The van der Waals surface area contributed by atoms with Gasteiger partial charge in [-0.1, -0.05) is 89.7 Å². The minimum Gasteiger partial charge on any atom is -0.350 e. The summed E-state index contributed by atoms with van der Waals surface area (Å²) in [6.07, 6.45) is 28.6. The highest BCUT2D eigenvalue weighted by Gasteiger charge is 1.92. The van der Waals surface area contributed by atoms with Crippen molar-refractivity contribution in [1.29, 1.82) is 0 Å². The predicted octanol–water partition coefficient (Wildman–Crippen LogP) is 7.34. The molecule has 0 bridgehead atoms. The molecule has 0 radical (unpaired) electrons. The summed E-state index contributed by atoms with van der Waals surface area (Å²) in [6, 6.07) is -0.586. The summed E-state index contributed by atoms with van der Waals surface area (Å²) in [5, 5.41) is 0. The van der Waals surface area contributed by atoms with E-state index in [0.29, 0.717) is 0 Å². The van der Waals surface area contributed by atoms with Gasteiger partial charge in [-0.3, -0.25) is 0 Å². The van der Waals surface area contributed by atoms with Crippen LogP contribution in [0.3, 0.4) is 0 Å². The molecule has 0 rings (SSSR count). The maximum absolute atomic E-state index is 10.4. The molecule has 0 atom stereocenters. The molecule has 2 N–H and O–H groups in total. The van der Waals surface area contributed by atoms with Crippen molar-refractivity contribution in [2.45, 2.75) is 116 Å². The Hall–Kier alpha value is -1.12. The quantitative estimate of drug-likeness (QED) is 0.157. The van der Waals surface area contributed by atoms with Crippen LogP contribution in [0.5, 0.6) is 0 Å². The molecule has 0 aliphatic heterocycles. The molecule has 0 aliphatic rings. The van der Waals surface area contributed by atoms with Crippen LogP contribution in [0.25, 0.3) is 0 Å². The van der Waals surface area contributed by atoms with E-state index >= 15 is 0 Å². The average molecular weight is 351 g/mol. The molecular formula is C22H42N2O. The number of urea groups is 1. The van der Waals surface area contributed by atoms with Crippen LogP contribution in [-0.4, -0.2) is 12.2 Å². The number of rotatable bonds is 18. The lowest BCUT2D eigenvalue weighted by Crippen LogP contribution is -2.03. The summed E-state index contributed by atoms with van der Waals surface area (Å²) in [5.74, 6) is 0. The van der Waals surface area contributed by atoms with Crippen molar-refractivity contribution in [3.05, 3.63) is 12.2 Å². The standard InChI is InChI=1S/C22H42N2O/c1-2-3-4-5-6-7-8-9-10-11-12-13-14-15-16-17-18-19-20-21-24-22(23)25/h9-10,21H,2-8,11-20H2,1H3,(H2,23,25)/b10-9-,24-21?. The molecule has 0 saturated heterocycles. The number of amides is 2. The molecule has 0 spiro atoms. The van der Waals surface area contributed by atoms with Gasteiger partial charge in [-0.2, -0.15) is 0 Å². The molecule has 146 valence electrons. The first-order valence-electron chi connectivity index (χ1n) is 10.7. The third-order valence-corrected chi connectivity index (χ3v) is 4.56. The highest BCUT2D eigenvalue weighted by molar-refractivity contribution is 5.81. The fourth-order valence-electron chi connectivity index (χ4n) is 2.99. The number of primary amides is 1. The van der Waals surface area contributed by atoms with Gasteiger partial charge in [0.05, 0.1) is 0 Å². The Bertz CT molecular complexity index is 337. The van der Waals surface area contributed by atoms with E-state index in [1.54, 1.807) is 6.21 Å². The van der Waals surface area contributed by atoms with Crippen molar-refractivity contribution < 1.29 is 4.79 Å². The summed E-state index contributed by atoms with van der Waals surface area (Å²) in [7, 11) is 0. The Balaban J connectivity index is 3.11. The molecular weight excluding hydrogens is 308 g/mol.